The molecule has 126 valence electrons. The summed E-state index contributed by atoms with van der Waals surface area (Å²) < 4.78 is 5.15. The van der Waals surface area contributed by atoms with E-state index in [1.807, 2.05) is 31.2 Å². The highest BCUT2D eigenvalue weighted by Crippen LogP contribution is 2.27. The average molecular weight is 319 g/mol. The van der Waals surface area contributed by atoms with E-state index in [1.54, 1.807) is 7.11 Å². The molecule has 1 saturated carbocycles. The van der Waals surface area contributed by atoms with E-state index >= 15 is 0 Å². The highest BCUT2D eigenvalue weighted by Gasteiger charge is 2.28. The molecule has 0 aromatic heterocycles. The summed E-state index contributed by atoms with van der Waals surface area (Å²) in [7, 11) is 1.62. The lowest BCUT2D eigenvalue weighted by molar-refractivity contribution is -0.142. The van der Waals surface area contributed by atoms with Crippen LogP contribution in [0, 0.1) is 5.92 Å². The first kappa shape index (κ1) is 17.3. The van der Waals surface area contributed by atoms with Crippen LogP contribution in [0.2, 0.25) is 0 Å². The Morgan fingerprint density at radius 2 is 1.83 bits per heavy atom. The minimum absolute atomic E-state index is 0.0245. The smallest absolute Gasteiger partial charge is 0.306 e. The largest absolute Gasteiger partial charge is 0.497 e. The third kappa shape index (κ3) is 4.47. The summed E-state index contributed by atoms with van der Waals surface area (Å²) in [5.74, 6) is -0.364. The Kier molecular flexibility index (Phi) is 6.02. The van der Waals surface area contributed by atoms with E-state index in [4.69, 9.17) is 9.84 Å². The highest BCUT2D eigenvalue weighted by molar-refractivity contribution is 5.84. The summed E-state index contributed by atoms with van der Waals surface area (Å²) in [5.41, 5.74) is 0.977. The molecule has 5 heteroatoms. The van der Waals surface area contributed by atoms with Crippen LogP contribution in [0.4, 0.5) is 0 Å². The van der Waals surface area contributed by atoms with Gasteiger partial charge in [-0.2, -0.15) is 0 Å². The lowest BCUT2D eigenvalue weighted by Crippen LogP contribution is -2.41. The van der Waals surface area contributed by atoms with Gasteiger partial charge in [-0.3, -0.25) is 9.59 Å². The zero-order valence-corrected chi connectivity index (χ0v) is 13.7. The van der Waals surface area contributed by atoms with Gasteiger partial charge < -0.3 is 15.2 Å². The molecule has 23 heavy (non-hydrogen) atoms. The topological polar surface area (TPSA) is 75.6 Å². The number of nitrogens with one attached hydrogen (secondary N) is 1. The number of carboxylic acid groups (broad SMARTS) is 1. The van der Waals surface area contributed by atoms with Crippen molar-refractivity contribution in [2.24, 2.45) is 5.92 Å². The van der Waals surface area contributed by atoms with Crippen molar-refractivity contribution in [3.05, 3.63) is 29.8 Å². The van der Waals surface area contributed by atoms with Crippen LogP contribution in [0.15, 0.2) is 24.3 Å². The zero-order valence-electron chi connectivity index (χ0n) is 13.7. The number of amides is 1. The first-order valence-corrected chi connectivity index (χ1v) is 8.22. The maximum absolute atomic E-state index is 12.6. The van der Waals surface area contributed by atoms with Crippen LogP contribution in [-0.2, 0) is 9.59 Å². The Bertz CT molecular complexity index is 532. The number of rotatable bonds is 6. The van der Waals surface area contributed by atoms with Gasteiger partial charge in [-0.15, -0.1) is 0 Å². The van der Waals surface area contributed by atoms with E-state index < -0.39 is 5.97 Å². The second-order valence-electron chi connectivity index (χ2n) is 6.13. The van der Waals surface area contributed by atoms with Crippen molar-refractivity contribution in [2.45, 2.75) is 51.0 Å². The molecule has 0 aliphatic heterocycles. The number of carboxylic acids is 1. The van der Waals surface area contributed by atoms with Crippen LogP contribution >= 0.6 is 0 Å². The summed E-state index contributed by atoms with van der Waals surface area (Å²) in [4.78, 5) is 23.5. The molecule has 1 atom stereocenters. The van der Waals surface area contributed by atoms with Crippen molar-refractivity contribution in [1.82, 2.24) is 5.32 Å². The SMILES string of the molecule is CCC(C(=O)NC1CCC(C(=O)O)CC1)c1ccc(OC)cc1. The second-order valence-corrected chi connectivity index (χ2v) is 6.13. The van der Waals surface area contributed by atoms with Gasteiger partial charge in [0.1, 0.15) is 5.75 Å². The fraction of sp³-hybridized carbons (Fsp3) is 0.556. The van der Waals surface area contributed by atoms with Crippen molar-refractivity contribution < 1.29 is 19.4 Å². The second kappa shape index (κ2) is 7.99. The Hall–Kier alpha value is -2.04. The van der Waals surface area contributed by atoms with Crippen molar-refractivity contribution in [1.29, 1.82) is 0 Å². The van der Waals surface area contributed by atoms with Gasteiger partial charge in [-0.05, 0) is 49.8 Å². The maximum atomic E-state index is 12.6. The van der Waals surface area contributed by atoms with Crippen LogP contribution in [0.1, 0.15) is 50.5 Å². The molecule has 5 nitrogen and oxygen atoms in total. The quantitative estimate of drug-likeness (QED) is 0.845. The standard InChI is InChI=1S/C18H25NO4/c1-3-16(12-6-10-15(23-2)11-7-12)17(20)19-14-8-4-13(5-9-14)18(21)22/h6-7,10-11,13-14,16H,3-5,8-9H2,1-2H3,(H,19,20)(H,21,22). The Balaban J connectivity index is 1.93. The minimum atomic E-state index is -0.723. The van der Waals surface area contributed by atoms with Gasteiger partial charge in [0.2, 0.25) is 5.91 Å². The number of methoxy groups -OCH3 is 1. The summed E-state index contributed by atoms with van der Waals surface area (Å²) in [6.07, 6.45) is 3.48. The third-order valence-corrected chi connectivity index (χ3v) is 4.67. The van der Waals surface area contributed by atoms with Crippen molar-refractivity contribution in [3.8, 4) is 5.75 Å². The molecule has 0 saturated heterocycles. The molecular weight excluding hydrogens is 294 g/mol. The molecule has 1 aliphatic rings. The van der Waals surface area contributed by atoms with Gasteiger partial charge in [0.25, 0.3) is 0 Å². The number of ether oxygens (including phenoxy) is 1. The van der Waals surface area contributed by atoms with E-state index in [1.165, 1.54) is 0 Å². The van der Waals surface area contributed by atoms with Crippen molar-refractivity contribution >= 4 is 11.9 Å². The van der Waals surface area contributed by atoms with Crippen LogP contribution < -0.4 is 10.1 Å². The molecule has 0 spiro atoms. The first-order chi connectivity index (χ1) is 11.0. The van der Waals surface area contributed by atoms with Gasteiger partial charge in [-0.1, -0.05) is 19.1 Å². The number of aliphatic carboxylic acids is 1. The molecule has 1 aliphatic carbocycles. The van der Waals surface area contributed by atoms with Gasteiger partial charge in [0.15, 0.2) is 0 Å². The fourth-order valence-electron chi connectivity index (χ4n) is 3.20. The van der Waals surface area contributed by atoms with Crippen molar-refractivity contribution in [3.63, 3.8) is 0 Å². The molecule has 0 bridgehead atoms. The molecule has 0 heterocycles. The number of carbonyl (C=O) groups excluding carboxylic acids is 1. The summed E-state index contributed by atoms with van der Waals surface area (Å²) in [5, 5.41) is 12.1. The minimum Gasteiger partial charge on any atom is -0.497 e. The van der Waals surface area contributed by atoms with E-state index in [0.717, 1.165) is 30.6 Å². The molecular formula is C18H25NO4. The monoisotopic (exact) mass is 319 g/mol. The molecule has 2 rings (SSSR count). The molecule has 0 radical (unpaired) electrons. The number of hydrogen-bond donors (Lipinski definition) is 2. The average Bonchev–Trinajstić information content (AvgIpc) is 2.56. The van der Waals surface area contributed by atoms with Gasteiger partial charge in [0.05, 0.1) is 18.9 Å². The van der Waals surface area contributed by atoms with E-state index in [-0.39, 0.29) is 23.8 Å². The number of carbonyl (C=O) groups is 2. The predicted molar refractivity (Wildman–Crippen MR) is 87.6 cm³/mol. The van der Waals surface area contributed by atoms with Gasteiger partial charge in [-0.25, -0.2) is 0 Å². The Labute approximate surface area is 137 Å². The number of hydrogen-bond acceptors (Lipinski definition) is 3. The van der Waals surface area contributed by atoms with Gasteiger partial charge in [0, 0.05) is 6.04 Å². The summed E-state index contributed by atoms with van der Waals surface area (Å²) >= 11 is 0. The van der Waals surface area contributed by atoms with E-state index in [0.29, 0.717) is 12.8 Å². The van der Waals surface area contributed by atoms with Crippen LogP contribution in [-0.4, -0.2) is 30.1 Å². The predicted octanol–water partition coefficient (Wildman–Crippen LogP) is 2.95. The Morgan fingerprint density at radius 3 is 2.30 bits per heavy atom. The third-order valence-electron chi connectivity index (χ3n) is 4.67. The lowest BCUT2D eigenvalue weighted by Gasteiger charge is -2.28. The highest BCUT2D eigenvalue weighted by atomic mass is 16.5. The lowest BCUT2D eigenvalue weighted by atomic mass is 9.85. The van der Waals surface area contributed by atoms with E-state index in [9.17, 15) is 9.59 Å². The Morgan fingerprint density at radius 1 is 1.22 bits per heavy atom. The molecule has 1 fully saturated rings. The molecule has 2 N–H and O–H groups in total. The zero-order chi connectivity index (χ0) is 16.8. The maximum Gasteiger partial charge on any atom is 0.306 e. The summed E-state index contributed by atoms with van der Waals surface area (Å²) in [6, 6.07) is 7.67. The molecule has 1 amide bonds. The van der Waals surface area contributed by atoms with E-state index in [2.05, 4.69) is 5.32 Å². The van der Waals surface area contributed by atoms with Crippen molar-refractivity contribution in [2.75, 3.05) is 7.11 Å². The number of benzene rings is 1. The van der Waals surface area contributed by atoms with Crippen LogP contribution in [0.3, 0.4) is 0 Å². The molecule has 1 aromatic carbocycles. The fourth-order valence-corrected chi connectivity index (χ4v) is 3.20. The van der Waals surface area contributed by atoms with Crippen LogP contribution in [0.5, 0.6) is 5.75 Å². The first-order valence-electron chi connectivity index (χ1n) is 8.22. The normalized spacial score (nSPS) is 22.2. The molecule has 1 unspecified atom stereocenters. The molecule has 1 aromatic rings. The van der Waals surface area contributed by atoms with Gasteiger partial charge >= 0.3 is 5.97 Å². The summed E-state index contributed by atoms with van der Waals surface area (Å²) in [6.45, 7) is 2.00. The van der Waals surface area contributed by atoms with Crippen LogP contribution in [0.25, 0.3) is 0 Å².